The van der Waals surface area contributed by atoms with Crippen LogP contribution in [0.4, 0.5) is 5.69 Å². The van der Waals surface area contributed by atoms with Crippen LogP contribution in [0.1, 0.15) is 63.2 Å². The monoisotopic (exact) mass is 418 g/mol. The molecule has 160 valence electrons. The number of carbonyl (C=O) groups excluding carboxylic acids is 2. The number of hydrogen-bond acceptors (Lipinski definition) is 5. The molecule has 2 N–H and O–H groups in total. The lowest BCUT2D eigenvalue weighted by molar-refractivity contribution is -0.129. The zero-order valence-electron chi connectivity index (χ0n) is 18.0. The van der Waals surface area contributed by atoms with E-state index in [1.807, 2.05) is 18.2 Å². The summed E-state index contributed by atoms with van der Waals surface area (Å²) < 4.78 is 5.81. The fourth-order valence-electron chi connectivity index (χ4n) is 4.56. The zero-order chi connectivity index (χ0) is 21.8. The van der Waals surface area contributed by atoms with Gasteiger partial charge in [0.2, 0.25) is 0 Å². The predicted molar refractivity (Wildman–Crippen MR) is 118 cm³/mol. The normalized spacial score (nSPS) is 19.4. The quantitative estimate of drug-likeness (QED) is 0.591. The third-order valence-corrected chi connectivity index (χ3v) is 6.57. The van der Waals surface area contributed by atoms with Gasteiger partial charge in [-0.3, -0.25) is 9.59 Å². The van der Waals surface area contributed by atoms with E-state index in [0.717, 1.165) is 31.2 Å². The molecule has 0 saturated heterocycles. The van der Waals surface area contributed by atoms with E-state index in [2.05, 4.69) is 22.2 Å². The summed E-state index contributed by atoms with van der Waals surface area (Å²) in [5, 5.41) is 2.90. The van der Waals surface area contributed by atoms with E-state index in [1.165, 1.54) is 6.42 Å². The molecule has 0 radical (unpaired) electrons. The van der Waals surface area contributed by atoms with Crippen molar-refractivity contribution in [2.75, 3.05) is 5.32 Å². The molecule has 31 heavy (non-hydrogen) atoms. The van der Waals surface area contributed by atoms with E-state index in [-0.39, 0.29) is 17.1 Å². The summed E-state index contributed by atoms with van der Waals surface area (Å²) in [5.41, 5.74) is 2.57. The number of aromatic amines is 1. The average molecular weight is 418 g/mol. The number of Topliss-reactive ketones (excluding diaryl/α,β-unsaturated/α-hetero) is 1. The fraction of sp³-hybridized carbons (Fsp3) is 0.417. The summed E-state index contributed by atoms with van der Waals surface area (Å²) in [7, 11) is 0. The van der Waals surface area contributed by atoms with Gasteiger partial charge in [-0.25, -0.2) is 9.97 Å². The van der Waals surface area contributed by atoms with Gasteiger partial charge in [0, 0.05) is 17.2 Å². The highest BCUT2D eigenvalue weighted by atomic mass is 16.5. The number of anilines is 1. The predicted octanol–water partition coefficient (Wildman–Crippen LogP) is 4.89. The van der Waals surface area contributed by atoms with E-state index in [0.29, 0.717) is 33.9 Å². The number of hydrogen-bond donors (Lipinski definition) is 2. The second-order valence-corrected chi connectivity index (χ2v) is 9.38. The van der Waals surface area contributed by atoms with Crippen LogP contribution in [0.3, 0.4) is 0 Å². The van der Waals surface area contributed by atoms with Crippen LogP contribution in [0.5, 0.6) is 5.75 Å². The van der Waals surface area contributed by atoms with Gasteiger partial charge in [0.1, 0.15) is 11.3 Å². The standard InChI is InChI=1S/C24H26N4O3/c1-23(2)22(30)28-16-11-14(7-8-18(16)31-23)17-13-26-21-19(27-17)15(12-25-21)20(29)24(3)9-5-4-6-10-24/h7-8,11-13H,4-6,9-10H2,1-3H3,(H,25,26)(H,28,30). The number of nitrogens with one attached hydrogen (secondary N) is 2. The van der Waals surface area contributed by atoms with Gasteiger partial charge in [-0.15, -0.1) is 0 Å². The van der Waals surface area contributed by atoms with Crippen LogP contribution in [0, 0.1) is 5.41 Å². The molecule has 1 amide bonds. The van der Waals surface area contributed by atoms with E-state index in [9.17, 15) is 9.59 Å². The van der Waals surface area contributed by atoms with Crippen molar-refractivity contribution in [3.8, 4) is 17.0 Å². The Labute approximate surface area is 180 Å². The Bertz CT molecular complexity index is 1200. The number of fused-ring (bicyclic) bond motifs is 2. The lowest BCUT2D eigenvalue weighted by Gasteiger charge is -2.31. The molecule has 0 unspecified atom stereocenters. The Morgan fingerprint density at radius 3 is 2.68 bits per heavy atom. The number of rotatable bonds is 3. The third-order valence-electron chi connectivity index (χ3n) is 6.57. The zero-order valence-corrected chi connectivity index (χ0v) is 18.0. The highest BCUT2D eigenvalue weighted by Gasteiger charge is 2.37. The molecule has 1 saturated carbocycles. The lowest BCUT2D eigenvalue weighted by Crippen LogP contribution is -2.45. The van der Waals surface area contributed by atoms with E-state index in [4.69, 9.17) is 9.72 Å². The summed E-state index contributed by atoms with van der Waals surface area (Å²) in [4.78, 5) is 38.0. The lowest BCUT2D eigenvalue weighted by atomic mass is 9.71. The summed E-state index contributed by atoms with van der Waals surface area (Å²) in [6.07, 6.45) is 8.59. The summed E-state index contributed by atoms with van der Waals surface area (Å²) in [5.74, 6) is 0.557. The van der Waals surface area contributed by atoms with Crippen molar-refractivity contribution in [1.82, 2.24) is 15.0 Å². The fourth-order valence-corrected chi connectivity index (χ4v) is 4.56. The molecule has 3 aromatic rings. The molecule has 2 aromatic heterocycles. The largest absolute Gasteiger partial charge is 0.476 e. The molecule has 0 atom stereocenters. The first-order valence-corrected chi connectivity index (χ1v) is 10.8. The number of ketones is 1. The number of ether oxygens (including phenoxy) is 1. The van der Waals surface area contributed by atoms with Gasteiger partial charge in [-0.1, -0.05) is 26.2 Å². The average Bonchev–Trinajstić information content (AvgIpc) is 3.17. The number of aromatic nitrogens is 3. The Balaban J connectivity index is 1.52. The SMILES string of the molecule is CC1(C(=O)c2c[nH]c3ncc(-c4ccc5c(c4)NC(=O)C(C)(C)O5)nc23)CCCCC1. The minimum absolute atomic E-state index is 0.137. The van der Waals surface area contributed by atoms with Gasteiger partial charge >= 0.3 is 0 Å². The molecule has 1 aliphatic carbocycles. The van der Waals surface area contributed by atoms with Crippen molar-refractivity contribution < 1.29 is 14.3 Å². The Morgan fingerprint density at radius 1 is 1.13 bits per heavy atom. The summed E-state index contributed by atoms with van der Waals surface area (Å²) in [6.45, 7) is 5.53. The number of H-pyrrole nitrogens is 1. The highest BCUT2D eigenvalue weighted by Crippen LogP contribution is 2.40. The van der Waals surface area contributed by atoms with Crippen LogP contribution in [-0.4, -0.2) is 32.2 Å². The molecule has 0 bridgehead atoms. The molecule has 1 aromatic carbocycles. The maximum atomic E-state index is 13.4. The second-order valence-electron chi connectivity index (χ2n) is 9.38. The molecule has 5 rings (SSSR count). The molecule has 0 spiro atoms. The van der Waals surface area contributed by atoms with Crippen molar-refractivity contribution in [3.05, 3.63) is 36.2 Å². The molecule has 1 fully saturated rings. The van der Waals surface area contributed by atoms with Crippen LogP contribution < -0.4 is 10.1 Å². The maximum absolute atomic E-state index is 13.4. The van der Waals surface area contributed by atoms with Gasteiger partial charge in [-0.05, 0) is 44.9 Å². The first kappa shape index (κ1) is 19.7. The van der Waals surface area contributed by atoms with Crippen LogP contribution >= 0.6 is 0 Å². The van der Waals surface area contributed by atoms with Crippen molar-refractivity contribution in [1.29, 1.82) is 0 Å². The van der Waals surface area contributed by atoms with Crippen molar-refractivity contribution in [3.63, 3.8) is 0 Å². The number of amides is 1. The maximum Gasteiger partial charge on any atom is 0.268 e. The van der Waals surface area contributed by atoms with E-state index >= 15 is 0 Å². The van der Waals surface area contributed by atoms with Crippen LogP contribution in [-0.2, 0) is 4.79 Å². The van der Waals surface area contributed by atoms with E-state index < -0.39 is 5.60 Å². The van der Waals surface area contributed by atoms with Gasteiger partial charge in [0.05, 0.1) is 23.1 Å². The molecule has 7 heteroatoms. The van der Waals surface area contributed by atoms with Crippen LogP contribution in [0.2, 0.25) is 0 Å². The smallest absolute Gasteiger partial charge is 0.268 e. The summed E-state index contributed by atoms with van der Waals surface area (Å²) in [6, 6.07) is 5.54. The van der Waals surface area contributed by atoms with Gasteiger partial charge in [0.25, 0.3) is 5.91 Å². The minimum atomic E-state index is -0.914. The van der Waals surface area contributed by atoms with Gasteiger partial charge in [-0.2, -0.15) is 0 Å². The Kier molecular flexibility index (Phi) is 4.39. The molecule has 2 aliphatic rings. The molecule has 7 nitrogen and oxygen atoms in total. The van der Waals surface area contributed by atoms with Gasteiger partial charge < -0.3 is 15.0 Å². The number of nitrogens with zero attached hydrogens (tertiary/aromatic N) is 2. The molecule has 3 heterocycles. The van der Waals surface area contributed by atoms with Gasteiger partial charge in [0.15, 0.2) is 17.0 Å². The number of benzene rings is 1. The van der Waals surface area contributed by atoms with Crippen molar-refractivity contribution in [2.24, 2.45) is 5.41 Å². The first-order chi connectivity index (χ1) is 14.8. The topological polar surface area (TPSA) is 97.0 Å². The first-order valence-electron chi connectivity index (χ1n) is 10.8. The third kappa shape index (κ3) is 3.28. The second kappa shape index (κ2) is 6.90. The molecular weight excluding hydrogens is 392 g/mol. The van der Waals surface area contributed by atoms with Crippen LogP contribution in [0.15, 0.2) is 30.6 Å². The van der Waals surface area contributed by atoms with E-state index in [1.54, 1.807) is 26.2 Å². The molecule has 1 aliphatic heterocycles. The Morgan fingerprint density at radius 2 is 1.90 bits per heavy atom. The minimum Gasteiger partial charge on any atom is -0.476 e. The van der Waals surface area contributed by atoms with Crippen molar-refractivity contribution in [2.45, 2.75) is 58.5 Å². The highest BCUT2D eigenvalue weighted by molar-refractivity contribution is 6.09. The molecular formula is C24H26N4O3. The van der Waals surface area contributed by atoms with Crippen molar-refractivity contribution >= 4 is 28.5 Å². The Hall–Kier alpha value is -3.22. The summed E-state index contributed by atoms with van der Waals surface area (Å²) >= 11 is 0. The number of carbonyl (C=O) groups is 2. The van der Waals surface area contributed by atoms with Crippen LogP contribution in [0.25, 0.3) is 22.4 Å².